The van der Waals surface area contributed by atoms with E-state index in [2.05, 4.69) is 12.2 Å². The number of carbonyl (C=O) groups is 1. The second kappa shape index (κ2) is 5.70. The highest BCUT2D eigenvalue weighted by Crippen LogP contribution is 2.26. The van der Waals surface area contributed by atoms with Gasteiger partial charge in [0.1, 0.15) is 5.82 Å². The van der Waals surface area contributed by atoms with Crippen molar-refractivity contribution in [1.82, 2.24) is 10.2 Å². The van der Waals surface area contributed by atoms with Crippen LogP contribution in [0.5, 0.6) is 0 Å². The second-order valence-corrected chi connectivity index (χ2v) is 5.39. The first-order chi connectivity index (χ1) is 9.02. The highest BCUT2D eigenvalue weighted by molar-refractivity contribution is 5.80. The van der Waals surface area contributed by atoms with Gasteiger partial charge in [0.25, 0.3) is 0 Å². The Kier molecular flexibility index (Phi) is 4.20. The fourth-order valence-corrected chi connectivity index (χ4v) is 2.62. The number of halogens is 1. The second-order valence-electron chi connectivity index (χ2n) is 5.39. The van der Waals surface area contributed by atoms with Gasteiger partial charge in [-0.25, -0.2) is 4.39 Å². The molecule has 2 rings (SSSR count). The van der Waals surface area contributed by atoms with Crippen molar-refractivity contribution in [2.24, 2.45) is 11.8 Å². The molecular formula is C15H21FN2O. The first-order valence-corrected chi connectivity index (χ1v) is 6.74. The SMILES string of the molecule is CC1CNCC1C(=O)N(C)C(C)c1ccccc1F. The highest BCUT2D eigenvalue weighted by atomic mass is 19.1. The molecule has 104 valence electrons. The first kappa shape index (κ1) is 14.0. The maximum absolute atomic E-state index is 13.8. The van der Waals surface area contributed by atoms with E-state index in [1.807, 2.05) is 6.92 Å². The number of amides is 1. The van der Waals surface area contributed by atoms with Crippen molar-refractivity contribution in [3.63, 3.8) is 0 Å². The third-order valence-corrected chi connectivity index (χ3v) is 4.12. The van der Waals surface area contributed by atoms with Gasteiger partial charge in [0.15, 0.2) is 0 Å². The molecule has 1 amide bonds. The molecule has 3 atom stereocenters. The molecule has 0 radical (unpaired) electrons. The Morgan fingerprint density at radius 2 is 2.11 bits per heavy atom. The minimum absolute atomic E-state index is 0.000719. The smallest absolute Gasteiger partial charge is 0.227 e. The molecule has 1 aromatic carbocycles. The van der Waals surface area contributed by atoms with Gasteiger partial charge in [0.05, 0.1) is 12.0 Å². The van der Waals surface area contributed by atoms with Crippen LogP contribution >= 0.6 is 0 Å². The van der Waals surface area contributed by atoms with E-state index >= 15 is 0 Å². The average molecular weight is 264 g/mol. The number of rotatable bonds is 3. The molecule has 0 bridgehead atoms. The number of hydrogen-bond donors (Lipinski definition) is 1. The third-order valence-electron chi connectivity index (χ3n) is 4.12. The molecule has 1 aliphatic heterocycles. The van der Waals surface area contributed by atoms with Gasteiger partial charge in [0.2, 0.25) is 5.91 Å². The van der Waals surface area contributed by atoms with Crippen LogP contribution in [-0.4, -0.2) is 30.9 Å². The van der Waals surface area contributed by atoms with Crippen LogP contribution in [0.4, 0.5) is 4.39 Å². The summed E-state index contributed by atoms with van der Waals surface area (Å²) in [6.45, 7) is 5.53. The van der Waals surface area contributed by atoms with E-state index in [-0.39, 0.29) is 23.7 Å². The molecule has 19 heavy (non-hydrogen) atoms. The summed E-state index contributed by atoms with van der Waals surface area (Å²) in [5.41, 5.74) is 0.567. The van der Waals surface area contributed by atoms with E-state index in [1.165, 1.54) is 6.07 Å². The Morgan fingerprint density at radius 1 is 1.42 bits per heavy atom. The summed E-state index contributed by atoms with van der Waals surface area (Å²) in [5.74, 6) is 0.169. The number of nitrogens with one attached hydrogen (secondary N) is 1. The van der Waals surface area contributed by atoms with Crippen molar-refractivity contribution in [2.75, 3.05) is 20.1 Å². The van der Waals surface area contributed by atoms with Crippen LogP contribution < -0.4 is 5.32 Å². The van der Waals surface area contributed by atoms with Crippen LogP contribution in [0.1, 0.15) is 25.5 Å². The van der Waals surface area contributed by atoms with Gasteiger partial charge in [-0.1, -0.05) is 25.1 Å². The molecular weight excluding hydrogens is 243 g/mol. The summed E-state index contributed by atoms with van der Waals surface area (Å²) in [6, 6.07) is 6.38. The van der Waals surface area contributed by atoms with Crippen molar-refractivity contribution in [1.29, 1.82) is 0 Å². The van der Waals surface area contributed by atoms with Crippen molar-refractivity contribution in [2.45, 2.75) is 19.9 Å². The minimum atomic E-state index is -0.257. The molecule has 0 aromatic heterocycles. The zero-order chi connectivity index (χ0) is 14.0. The standard InChI is InChI=1S/C15H21FN2O/c1-10-8-17-9-13(10)15(19)18(3)11(2)12-6-4-5-7-14(12)16/h4-7,10-11,13,17H,8-9H2,1-3H3. The predicted octanol–water partition coefficient (Wildman–Crippen LogP) is 2.20. The van der Waals surface area contributed by atoms with Gasteiger partial charge in [0, 0.05) is 19.2 Å². The fourth-order valence-electron chi connectivity index (χ4n) is 2.62. The van der Waals surface area contributed by atoms with Gasteiger partial charge >= 0.3 is 0 Å². The van der Waals surface area contributed by atoms with Crippen LogP contribution in [-0.2, 0) is 4.79 Å². The molecule has 4 heteroatoms. The van der Waals surface area contributed by atoms with Crippen molar-refractivity contribution >= 4 is 5.91 Å². The first-order valence-electron chi connectivity index (χ1n) is 6.74. The lowest BCUT2D eigenvalue weighted by Crippen LogP contribution is -2.37. The maximum atomic E-state index is 13.8. The van der Waals surface area contributed by atoms with Gasteiger partial charge in [-0.3, -0.25) is 4.79 Å². The van der Waals surface area contributed by atoms with E-state index in [9.17, 15) is 9.18 Å². The molecule has 1 aromatic rings. The van der Waals surface area contributed by atoms with Gasteiger partial charge in [-0.2, -0.15) is 0 Å². The van der Waals surface area contributed by atoms with E-state index in [4.69, 9.17) is 0 Å². The highest BCUT2D eigenvalue weighted by Gasteiger charge is 2.33. The monoisotopic (exact) mass is 264 g/mol. The Morgan fingerprint density at radius 3 is 2.68 bits per heavy atom. The van der Waals surface area contributed by atoms with Crippen LogP contribution in [0.3, 0.4) is 0 Å². The van der Waals surface area contributed by atoms with E-state index < -0.39 is 0 Å². The third kappa shape index (κ3) is 2.78. The maximum Gasteiger partial charge on any atom is 0.227 e. The molecule has 3 nitrogen and oxygen atoms in total. The van der Waals surface area contributed by atoms with Crippen LogP contribution in [0.15, 0.2) is 24.3 Å². The number of benzene rings is 1. The quantitative estimate of drug-likeness (QED) is 0.907. The Balaban J connectivity index is 2.13. The number of nitrogens with zero attached hydrogens (tertiary/aromatic N) is 1. The van der Waals surface area contributed by atoms with E-state index in [1.54, 1.807) is 30.1 Å². The summed E-state index contributed by atoms with van der Waals surface area (Å²) in [6.07, 6.45) is 0. The normalized spacial score (nSPS) is 24.2. The summed E-state index contributed by atoms with van der Waals surface area (Å²) in [4.78, 5) is 14.1. The Bertz CT molecular complexity index is 463. The molecule has 0 aliphatic carbocycles. The summed E-state index contributed by atoms with van der Waals surface area (Å²) in [5, 5.41) is 3.23. The van der Waals surface area contributed by atoms with Gasteiger partial charge in [-0.15, -0.1) is 0 Å². The van der Waals surface area contributed by atoms with Gasteiger partial charge in [-0.05, 0) is 25.5 Å². The molecule has 1 fully saturated rings. The molecule has 0 spiro atoms. The van der Waals surface area contributed by atoms with E-state index in [0.717, 1.165) is 6.54 Å². The molecule has 0 saturated carbocycles. The predicted molar refractivity (Wildman–Crippen MR) is 73.1 cm³/mol. The summed E-state index contributed by atoms with van der Waals surface area (Å²) >= 11 is 0. The Hall–Kier alpha value is -1.42. The van der Waals surface area contributed by atoms with Crippen LogP contribution in [0.25, 0.3) is 0 Å². The zero-order valence-electron chi connectivity index (χ0n) is 11.7. The molecule has 3 unspecified atom stereocenters. The lowest BCUT2D eigenvalue weighted by Gasteiger charge is -2.29. The summed E-state index contributed by atoms with van der Waals surface area (Å²) in [7, 11) is 1.75. The van der Waals surface area contributed by atoms with Crippen LogP contribution in [0, 0.1) is 17.7 Å². The number of carbonyl (C=O) groups excluding carboxylic acids is 1. The lowest BCUT2D eigenvalue weighted by atomic mass is 9.95. The van der Waals surface area contributed by atoms with Gasteiger partial charge < -0.3 is 10.2 Å². The van der Waals surface area contributed by atoms with Crippen molar-refractivity contribution in [3.05, 3.63) is 35.6 Å². The Labute approximate surface area is 113 Å². The fraction of sp³-hybridized carbons (Fsp3) is 0.533. The van der Waals surface area contributed by atoms with E-state index in [0.29, 0.717) is 18.0 Å². The molecule has 1 heterocycles. The lowest BCUT2D eigenvalue weighted by molar-refractivity contribution is -0.136. The van der Waals surface area contributed by atoms with Crippen molar-refractivity contribution in [3.8, 4) is 0 Å². The largest absolute Gasteiger partial charge is 0.339 e. The van der Waals surface area contributed by atoms with Crippen molar-refractivity contribution < 1.29 is 9.18 Å². The minimum Gasteiger partial charge on any atom is -0.339 e. The molecule has 1 aliphatic rings. The van der Waals surface area contributed by atoms with Crippen LogP contribution in [0.2, 0.25) is 0 Å². The molecule has 1 N–H and O–H groups in total. The molecule has 1 saturated heterocycles. The average Bonchev–Trinajstić information content (AvgIpc) is 2.83. The number of hydrogen-bond acceptors (Lipinski definition) is 2. The summed E-state index contributed by atoms with van der Waals surface area (Å²) < 4.78 is 13.8. The zero-order valence-corrected chi connectivity index (χ0v) is 11.7. The topological polar surface area (TPSA) is 32.3 Å².